The van der Waals surface area contributed by atoms with Gasteiger partial charge in [-0.05, 0) is 49.6 Å². The van der Waals surface area contributed by atoms with Gasteiger partial charge in [-0.3, -0.25) is 4.90 Å². The van der Waals surface area contributed by atoms with Crippen molar-refractivity contribution in [2.24, 2.45) is 0 Å². The standard InChI is InChI=1S/C20H24N2O2.ClH/c1-15-5-7-17(8-6-15)20(23)24-19-9-11-22(12-10-19)14-16-3-2-4-18(21)13-16;/h2-8,13,19H,9-12,14,21H2,1H3;1H. The van der Waals surface area contributed by atoms with Crippen molar-refractivity contribution in [2.45, 2.75) is 32.4 Å². The maximum absolute atomic E-state index is 12.2. The van der Waals surface area contributed by atoms with Crippen LogP contribution < -0.4 is 5.73 Å². The van der Waals surface area contributed by atoms with E-state index in [1.165, 1.54) is 5.56 Å². The van der Waals surface area contributed by atoms with Crippen LogP contribution in [-0.2, 0) is 11.3 Å². The molecule has 0 unspecified atom stereocenters. The zero-order valence-electron chi connectivity index (χ0n) is 14.5. The van der Waals surface area contributed by atoms with E-state index in [9.17, 15) is 4.79 Å². The Morgan fingerprint density at radius 3 is 2.48 bits per heavy atom. The first-order valence-electron chi connectivity index (χ1n) is 8.44. The summed E-state index contributed by atoms with van der Waals surface area (Å²) >= 11 is 0. The molecule has 1 saturated heterocycles. The van der Waals surface area contributed by atoms with Crippen molar-refractivity contribution in [3.05, 3.63) is 65.2 Å². The SMILES string of the molecule is Cc1ccc(C(=O)OC2CCN(Cc3cccc(N)c3)CC2)cc1.Cl. The second-order valence-corrected chi connectivity index (χ2v) is 6.49. The fraction of sp³-hybridized carbons (Fsp3) is 0.350. The number of carbonyl (C=O) groups is 1. The third-order valence-corrected chi connectivity index (χ3v) is 4.45. The number of piperidine rings is 1. The second kappa shape index (κ2) is 8.88. The Bertz CT molecular complexity index is 695. The second-order valence-electron chi connectivity index (χ2n) is 6.49. The lowest BCUT2D eigenvalue weighted by atomic mass is 10.1. The van der Waals surface area contributed by atoms with E-state index >= 15 is 0 Å². The Labute approximate surface area is 155 Å². The smallest absolute Gasteiger partial charge is 0.338 e. The average molecular weight is 361 g/mol. The zero-order chi connectivity index (χ0) is 16.9. The summed E-state index contributed by atoms with van der Waals surface area (Å²) in [6.45, 7) is 4.76. The lowest BCUT2D eigenvalue weighted by Gasteiger charge is -2.31. The molecule has 4 nitrogen and oxygen atoms in total. The van der Waals surface area contributed by atoms with Gasteiger partial charge in [0.25, 0.3) is 0 Å². The molecule has 2 aromatic carbocycles. The molecule has 5 heteroatoms. The first-order chi connectivity index (χ1) is 11.6. The molecule has 0 aliphatic carbocycles. The van der Waals surface area contributed by atoms with Crippen LogP contribution >= 0.6 is 12.4 Å². The molecule has 3 rings (SSSR count). The van der Waals surface area contributed by atoms with Crippen LogP contribution in [0.3, 0.4) is 0 Å². The van der Waals surface area contributed by atoms with Gasteiger partial charge in [0.2, 0.25) is 0 Å². The largest absolute Gasteiger partial charge is 0.459 e. The molecule has 0 radical (unpaired) electrons. The fourth-order valence-corrected chi connectivity index (χ4v) is 3.04. The summed E-state index contributed by atoms with van der Waals surface area (Å²) in [7, 11) is 0. The summed E-state index contributed by atoms with van der Waals surface area (Å²) in [4.78, 5) is 14.6. The van der Waals surface area contributed by atoms with Crippen LogP contribution in [0, 0.1) is 6.92 Å². The van der Waals surface area contributed by atoms with Gasteiger partial charge in [-0.25, -0.2) is 4.79 Å². The number of aryl methyl sites for hydroxylation is 1. The molecule has 2 N–H and O–H groups in total. The van der Waals surface area contributed by atoms with Gasteiger partial charge in [-0.15, -0.1) is 12.4 Å². The molecule has 0 atom stereocenters. The zero-order valence-corrected chi connectivity index (χ0v) is 15.3. The number of hydrogen-bond acceptors (Lipinski definition) is 4. The van der Waals surface area contributed by atoms with Gasteiger partial charge in [0.1, 0.15) is 6.10 Å². The number of nitrogens with zero attached hydrogens (tertiary/aromatic N) is 1. The lowest BCUT2D eigenvalue weighted by molar-refractivity contribution is 0.0104. The summed E-state index contributed by atoms with van der Waals surface area (Å²) in [6, 6.07) is 15.5. The molecule has 0 amide bonds. The predicted molar refractivity (Wildman–Crippen MR) is 103 cm³/mol. The van der Waals surface area contributed by atoms with E-state index in [1.54, 1.807) is 0 Å². The summed E-state index contributed by atoms with van der Waals surface area (Å²) < 4.78 is 5.65. The third kappa shape index (κ3) is 5.48. The third-order valence-electron chi connectivity index (χ3n) is 4.45. The highest BCUT2D eigenvalue weighted by atomic mass is 35.5. The van der Waals surface area contributed by atoms with Gasteiger partial charge in [-0.2, -0.15) is 0 Å². The van der Waals surface area contributed by atoms with E-state index in [2.05, 4.69) is 11.0 Å². The Morgan fingerprint density at radius 2 is 1.84 bits per heavy atom. The van der Waals surface area contributed by atoms with E-state index in [4.69, 9.17) is 10.5 Å². The van der Waals surface area contributed by atoms with Gasteiger partial charge < -0.3 is 10.5 Å². The molecule has 1 heterocycles. The van der Waals surface area contributed by atoms with E-state index in [1.807, 2.05) is 49.4 Å². The Morgan fingerprint density at radius 1 is 1.16 bits per heavy atom. The molecule has 25 heavy (non-hydrogen) atoms. The van der Waals surface area contributed by atoms with Gasteiger partial charge in [-0.1, -0.05) is 29.8 Å². The number of benzene rings is 2. The number of carbonyl (C=O) groups excluding carboxylic acids is 1. The monoisotopic (exact) mass is 360 g/mol. The van der Waals surface area contributed by atoms with Crippen LogP contribution in [-0.4, -0.2) is 30.1 Å². The molecular formula is C20H25ClN2O2. The van der Waals surface area contributed by atoms with Crippen LogP contribution in [0.15, 0.2) is 48.5 Å². The van der Waals surface area contributed by atoms with Gasteiger partial charge in [0, 0.05) is 25.3 Å². The Kier molecular flexibility index (Phi) is 6.85. The van der Waals surface area contributed by atoms with E-state index in [-0.39, 0.29) is 24.5 Å². The summed E-state index contributed by atoms with van der Waals surface area (Å²) in [5, 5.41) is 0. The molecule has 0 saturated carbocycles. The molecule has 2 aromatic rings. The molecule has 0 bridgehead atoms. The van der Waals surface area contributed by atoms with Crippen LogP contribution in [0.1, 0.15) is 34.3 Å². The minimum atomic E-state index is -0.218. The lowest BCUT2D eigenvalue weighted by Crippen LogP contribution is -2.37. The van der Waals surface area contributed by atoms with E-state index < -0.39 is 0 Å². The van der Waals surface area contributed by atoms with Crippen LogP contribution in [0.2, 0.25) is 0 Å². The Balaban J connectivity index is 0.00000225. The highest BCUT2D eigenvalue weighted by Crippen LogP contribution is 2.18. The summed E-state index contributed by atoms with van der Waals surface area (Å²) in [5.41, 5.74) is 9.62. The predicted octanol–water partition coefficient (Wildman–Crippen LogP) is 3.82. The number of hydrogen-bond donors (Lipinski definition) is 1. The molecule has 1 aliphatic heterocycles. The summed E-state index contributed by atoms with van der Waals surface area (Å²) in [5.74, 6) is -0.218. The number of ether oxygens (including phenoxy) is 1. The van der Waals surface area contributed by atoms with Crippen molar-refractivity contribution < 1.29 is 9.53 Å². The molecular weight excluding hydrogens is 336 g/mol. The number of nitrogen functional groups attached to an aromatic ring is 1. The topological polar surface area (TPSA) is 55.6 Å². The quantitative estimate of drug-likeness (QED) is 0.665. The van der Waals surface area contributed by atoms with Crippen LogP contribution in [0.25, 0.3) is 0 Å². The molecule has 0 spiro atoms. The van der Waals surface area contributed by atoms with Crippen LogP contribution in [0.5, 0.6) is 0 Å². The van der Waals surface area contributed by atoms with Crippen LogP contribution in [0.4, 0.5) is 5.69 Å². The van der Waals surface area contributed by atoms with E-state index in [0.717, 1.165) is 43.7 Å². The maximum Gasteiger partial charge on any atom is 0.338 e. The van der Waals surface area contributed by atoms with Crippen molar-refractivity contribution in [2.75, 3.05) is 18.8 Å². The van der Waals surface area contributed by atoms with Gasteiger partial charge >= 0.3 is 5.97 Å². The van der Waals surface area contributed by atoms with Crippen molar-refractivity contribution in [1.29, 1.82) is 0 Å². The van der Waals surface area contributed by atoms with Crippen molar-refractivity contribution in [3.8, 4) is 0 Å². The molecule has 134 valence electrons. The highest BCUT2D eigenvalue weighted by molar-refractivity contribution is 5.89. The first-order valence-corrected chi connectivity index (χ1v) is 8.44. The molecule has 1 aliphatic rings. The van der Waals surface area contributed by atoms with Gasteiger partial charge in [0.05, 0.1) is 5.56 Å². The number of likely N-dealkylation sites (tertiary alicyclic amines) is 1. The number of halogens is 1. The van der Waals surface area contributed by atoms with Crippen molar-refractivity contribution in [1.82, 2.24) is 4.90 Å². The van der Waals surface area contributed by atoms with Gasteiger partial charge in [0.15, 0.2) is 0 Å². The summed E-state index contributed by atoms with van der Waals surface area (Å²) in [6.07, 6.45) is 1.76. The average Bonchev–Trinajstić information content (AvgIpc) is 2.57. The van der Waals surface area contributed by atoms with Crippen molar-refractivity contribution >= 4 is 24.1 Å². The normalized spacial score (nSPS) is 15.4. The molecule has 1 fully saturated rings. The first kappa shape index (κ1) is 19.3. The highest BCUT2D eigenvalue weighted by Gasteiger charge is 2.22. The molecule has 0 aromatic heterocycles. The minimum absolute atomic E-state index is 0. The number of anilines is 1. The maximum atomic E-state index is 12.2. The van der Waals surface area contributed by atoms with E-state index in [0.29, 0.717) is 5.56 Å². The fourth-order valence-electron chi connectivity index (χ4n) is 3.04. The van der Waals surface area contributed by atoms with Crippen molar-refractivity contribution in [3.63, 3.8) is 0 Å². The number of rotatable bonds is 4. The minimum Gasteiger partial charge on any atom is -0.459 e. The number of esters is 1. The Hall–Kier alpha value is -2.04. The number of nitrogens with two attached hydrogens (primary N) is 1.